The van der Waals surface area contributed by atoms with Crippen LogP contribution < -0.4 is 10.1 Å². The highest BCUT2D eigenvalue weighted by Crippen LogP contribution is 2.24. The van der Waals surface area contributed by atoms with Gasteiger partial charge in [0.25, 0.3) is 5.91 Å². The van der Waals surface area contributed by atoms with Crippen molar-refractivity contribution < 1.29 is 19.1 Å². The summed E-state index contributed by atoms with van der Waals surface area (Å²) in [6.45, 7) is -0.358. The molecule has 1 aromatic heterocycles. The standard InChI is InChI=1S/C22H22N2O4/c1-24-14-6-9-19(24)22(26)28-15-20(25)23-21(16-7-4-3-5-8-16)17-10-12-18(27-2)13-11-17/h3-14,21H,15H2,1-2H3,(H,23,25)/t21-/m0/s1. The maximum atomic E-state index is 12.5. The van der Waals surface area contributed by atoms with Crippen molar-refractivity contribution >= 4 is 11.9 Å². The molecule has 0 radical (unpaired) electrons. The Morgan fingerprint density at radius 1 is 0.964 bits per heavy atom. The molecule has 0 bridgehead atoms. The fraction of sp³-hybridized carbons (Fsp3) is 0.182. The van der Waals surface area contributed by atoms with Crippen LogP contribution in [0.15, 0.2) is 72.9 Å². The maximum absolute atomic E-state index is 12.5. The molecule has 0 saturated heterocycles. The van der Waals surface area contributed by atoms with Crippen molar-refractivity contribution in [3.63, 3.8) is 0 Å². The molecule has 0 saturated carbocycles. The van der Waals surface area contributed by atoms with E-state index in [0.717, 1.165) is 16.9 Å². The van der Waals surface area contributed by atoms with Crippen LogP contribution in [-0.4, -0.2) is 30.2 Å². The van der Waals surface area contributed by atoms with Crippen molar-refractivity contribution in [2.24, 2.45) is 7.05 Å². The first-order chi connectivity index (χ1) is 13.6. The van der Waals surface area contributed by atoms with Gasteiger partial charge in [-0.15, -0.1) is 0 Å². The van der Waals surface area contributed by atoms with Gasteiger partial charge in [0.05, 0.1) is 13.2 Å². The zero-order valence-electron chi connectivity index (χ0n) is 15.8. The summed E-state index contributed by atoms with van der Waals surface area (Å²) in [6, 6.07) is 20.1. The number of carbonyl (C=O) groups excluding carboxylic acids is 2. The van der Waals surface area contributed by atoms with Crippen LogP contribution in [0.4, 0.5) is 0 Å². The minimum Gasteiger partial charge on any atom is -0.497 e. The number of hydrogen-bond acceptors (Lipinski definition) is 4. The lowest BCUT2D eigenvalue weighted by atomic mass is 9.98. The molecule has 144 valence electrons. The summed E-state index contributed by atoms with van der Waals surface area (Å²) in [7, 11) is 3.35. The molecule has 0 spiro atoms. The van der Waals surface area contributed by atoms with E-state index in [4.69, 9.17) is 9.47 Å². The third-order valence-corrected chi connectivity index (χ3v) is 4.37. The predicted molar refractivity (Wildman–Crippen MR) is 105 cm³/mol. The lowest BCUT2D eigenvalue weighted by Crippen LogP contribution is -2.33. The molecule has 28 heavy (non-hydrogen) atoms. The highest BCUT2D eigenvalue weighted by atomic mass is 16.5. The van der Waals surface area contributed by atoms with Gasteiger partial charge >= 0.3 is 5.97 Å². The van der Waals surface area contributed by atoms with Crippen LogP contribution in [0, 0.1) is 0 Å². The van der Waals surface area contributed by atoms with E-state index in [1.807, 2.05) is 54.6 Å². The van der Waals surface area contributed by atoms with E-state index in [-0.39, 0.29) is 18.6 Å². The highest BCUT2D eigenvalue weighted by molar-refractivity contribution is 5.90. The summed E-state index contributed by atoms with van der Waals surface area (Å²) < 4.78 is 12.0. The zero-order chi connectivity index (χ0) is 19.9. The summed E-state index contributed by atoms with van der Waals surface area (Å²) in [5.74, 6) is -0.186. The van der Waals surface area contributed by atoms with Crippen molar-refractivity contribution in [2.45, 2.75) is 6.04 Å². The van der Waals surface area contributed by atoms with Gasteiger partial charge in [-0.25, -0.2) is 4.79 Å². The second-order valence-electron chi connectivity index (χ2n) is 6.26. The Kier molecular flexibility index (Phi) is 6.11. The number of nitrogens with one attached hydrogen (secondary N) is 1. The minimum absolute atomic E-state index is 0.358. The first-order valence-corrected chi connectivity index (χ1v) is 8.85. The molecule has 0 fully saturated rings. The second kappa shape index (κ2) is 8.90. The highest BCUT2D eigenvalue weighted by Gasteiger charge is 2.19. The molecular weight excluding hydrogens is 356 g/mol. The molecule has 6 heteroatoms. The zero-order valence-corrected chi connectivity index (χ0v) is 15.8. The quantitative estimate of drug-likeness (QED) is 0.642. The average Bonchev–Trinajstić information content (AvgIpc) is 3.17. The number of carbonyl (C=O) groups is 2. The van der Waals surface area contributed by atoms with Gasteiger partial charge in [0.2, 0.25) is 0 Å². The number of aryl methyl sites for hydroxylation is 1. The van der Waals surface area contributed by atoms with Crippen LogP contribution in [0.2, 0.25) is 0 Å². The van der Waals surface area contributed by atoms with Crippen molar-refractivity contribution in [3.8, 4) is 5.75 Å². The predicted octanol–water partition coefficient (Wildman–Crippen LogP) is 3.10. The minimum atomic E-state index is -0.539. The molecule has 0 unspecified atom stereocenters. The molecule has 3 aromatic rings. The number of esters is 1. The van der Waals surface area contributed by atoms with Crippen molar-refractivity contribution in [2.75, 3.05) is 13.7 Å². The first kappa shape index (κ1) is 19.2. The molecular formula is C22H22N2O4. The molecule has 1 N–H and O–H groups in total. The molecule has 1 amide bonds. The van der Waals surface area contributed by atoms with Gasteiger partial charge in [-0.2, -0.15) is 0 Å². The van der Waals surface area contributed by atoms with Crippen LogP contribution >= 0.6 is 0 Å². The lowest BCUT2D eigenvalue weighted by molar-refractivity contribution is -0.124. The Balaban J connectivity index is 1.71. The van der Waals surface area contributed by atoms with Crippen LogP contribution in [0.1, 0.15) is 27.7 Å². The fourth-order valence-corrected chi connectivity index (χ4v) is 2.88. The SMILES string of the molecule is COc1ccc([C@@H](NC(=O)COC(=O)c2cccn2C)c2ccccc2)cc1. The smallest absolute Gasteiger partial charge is 0.355 e. The molecule has 2 aromatic carbocycles. The molecule has 1 heterocycles. The normalized spacial score (nSPS) is 11.5. The molecule has 0 aliphatic carbocycles. The van der Waals surface area contributed by atoms with Crippen molar-refractivity contribution in [1.82, 2.24) is 9.88 Å². The van der Waals surface area contributed by atoms with Gasteiger partial charge in [-0.1, -0.05) is 42.5 Å². The number of methoxy groups -OCH3 is 1. The third-order valence-electron chi connectivity index (χ3n) is 4.37. The molecule has 3 rings (SSSR count). The largest absolute Gasteiger partial charge is 0.497 e. The van der Waals surface area contributed by atoms with Gasteiger partial charge in [-0.3, -0.25) is 4.79 Å². The van der Waals surface area contributed by atoms with Gasteiger partial charge in [-0.05, 0) is 35.4 Å². The van der Waals surface area contributed by atoms with Crippen molar-refractivity contribution in [3.05, 3.63) is 89.7 Å². The first-order valence-electron chi connectivity index (χ1n) is 8.85. The Morgan fingerprint density at radius 3 is 2.25 bits per heavy atom. The van der Waals surface area contributed by atoms with Gasteiger partial charge in [0, 0.05) is 13.2 Å². The van der Waals surface area contributed by atoms with Gasteiger partial charge in [0.1, 0.15) is 11.4 Å². The van der Waals surface area contributed by atoms with E-state index in [2.05, 4.69) is 5.32 Å². The summed E-state index contributed by atoms with van der Waals surface area (Å²) >= 11 is 0. The molecule has 6 nitrogen and oxygen atoms in total. The van der Waals surface area contributed by atoms with Crippen LogP contribution in [0.25, 0.3) is 0 Å². The average molecular weight is 378 g/mol. The van der Waals surface area contributed by atoms with Crippen LogP contribution in [0.5, 0.6) is 5.75 Å². The topological polar surface area (TPSA) is 69.6 Å². The number of nitrogens with zero attached hydrogens (tertiary/aromatic N) is 1. The Labute approximate surface area is 163 Å². The van der Waals surface area contributed by atoms with Crippen molar-refractivity contribution in [1.29, 1.82) is 0 Å². The lowest BCUT2D eigenvalue weighted by Gasteiger charge is -2.20. The Morgan fingerprint density at radius 2 is 1.64 bits per heavy atom. The van der Waals surface area contributed by atoms with E-state index in [9.17, 15) is 9.59 Å². The number of hydrogen-bond donors (Lipinski definition) is 1. The van der Waals surface area contributed by atoms with E-state index >= 15 is 0 Å². The summed E-state index contributed by atoms with van der Waals surface area (Å²) in [4.78, 5) is 24.6. The second-order valence-corrected chi connectivity index (χ2v) is 6.26. The number of aromatic nitrogens is 1. The molecule has 0 aliphatic heterocycles. The van der Waals surface area contributed by atoms with E-state index in [1.165, 1.54) is 0 Å². The van der Waals surface area contributed by atoms with Gasteiger partial charge in [0.15, 0.2) is 6.61 Å². The van der Waals surface area contributed by atoms with Crippen LogP contribution in [-0.2, 0) is 16.6 Å². The van der Waals surface area contributed by atoms with E-state index < -0.39 is 5.97 Å². The summed E-state index contributed by atoms with van der Waals surface area (Å²) in [5.41, 5.74) is 2.21. The van der Waals surface area contributed by atoms with Gasteiger partial charge < -0.3 is 19.4 Å². The number of ether oxygens (including phenoxy) is 2. The monoisotopic (exact) mass is 378 g/mol. The molecule has 0 aliphatic rings. The van der Waals surface area contributed by atoms with E-state index in [1.54, 1.807) is 37.1 Å². The maximum Gasteiger partial charge on any atom is 0.355 e. The third kappa shape index (κ3) is 4.59. The summed E-state index contributed by atoms with van der Waals surface area (Å²) in [5, 5.41) is 2.94. The number of rotatable bonds is 7. The Hall–Kier alpha value is -3.54. The van der Waals surface area contributed by atoms with E-state index in [0.29, 0.717) is 5.69 Å². The number of benzene rings is 2. The Bertz CT molecular complexity index is 933. The van der Waals surface area contributed by atoms with Crippen LogP contribution in [0.3, 0.4) is 0 Å². The number of amides is 1. The summed E-state index contributed by atoms with van der Waals surface area (Å²) in [6.07, 6.45) is 1.74. The molecule has 1 atom stereocenters. The fourth-order valence-electron chi connectivity index (χ4n) is 2.88.